The molecule has 2 aliphatic rings. The van der Waals surface area contributed by atoms with Gasteiger partial charge >= 0.3 is 0 Å². The Morgan fingerprint density at radius 2 is 1.95 bits per heavy atom. The van der Waals surface area contributed by atoms with Gasteiger partial charge in [-0.15, -0.1) is 0 Å². The smallest absolute Gasteiger partial charge is 0.240 e. The fourth-order valence-electron chi connectivity index (χ4n) is 3.71. The molecule has 7 nitrogen and oxygen atoms in total. The fourth-order valence-corrected chi connectivity index (χ4v) is 3.71. The van der Waals surface area contributed by atoms with E-state index in [4.69, 9.17) is 4.52 Å². The van der Waals surface area contributed by atoms with Gasteiger partial charge in [-0.25, -0.2) is 9.97 Å². The molecular weight excluding hydrogens is 280 g/mol. The lowest BCUT2D eigenvalue weighted by molar-refractivity contribution is 0.255. The van der Waals surface area contributed by atoms with Crippen LogP contribution in [0, 0.1) is 25.7 Å². The van der Waals surface area contributed by atoms with Crippen molar-refractivity contribution in [2.45, 2.75) is 20.4 Å². The van der Waals surface area contributed by atoms with E-state index in [0.717, 1.165) is 50.0 Å². The van der Waals surface area contributed by atoms with Gasteiger partial charge in [0.2, 0.25) is 5.89 Å². The van der Waals surface area contributed by atoms with Gasteiger partial charge in [-0.3, -0.25) is 4.90 Å². The normalized spacial score (nSPS) is 24.9. The predicted octanol–water partition coefficient (Wildman–Crippen LogP) is 1.04. The quantitative estimate of drug-likeness (QED) is 0.838. The van der Waals surface area contributed by atoms with Gasteiger partial charge in [0.15, 0.2) is 5.82 Å². The zero-order chi connectivity index (χ0) is 15.1. The average Bonchev–Trinajstić information content (AvgIpc) is 3.14. The topological polar surface area (TPSA) is 71.2 Å². The predicted molar refractivity (Wildman–Crippen MR) is 80.3 cm³/mol. The van der Waals surface area contributed by atoms with Gasteiger partial charge in [0.05, 0.1) is 6.54 Å². The molecule has 2 saturated heterocycles. The van der Waals surface area contributed by atoms with Crippen molar-refractivity contribution in [3.8, 4) is 0 Å². The van der Waals surface area contributed by atoms with Crippen LogP contribution < -0.4 is 4.90 Å². The first-order valence-corrected chi connectivity index (χ1v) is 7.72. The summed E-state index contributed by atoms with van der Waals surface area (Å²) in [6.45, 7) is 9.02. The summed E-state index contributed by atoms with van der Waals surface area (Å²) in [7, 11) is 0. The van der Waals surface area contributed by atoms with Crippen LogP contribution in [0.15, 0.2) is 17.0 Å². The van der Waals surface area contributed by atoms with Crippen LogP contribution in [0.5, 0.6) is 0 Å². The van der Waals surface area contributed by atoms with Crippen LogP contribution in [0.4, 0.5) is 5.82 Å². The van der Waals surface area contributed by atoms with Gasteiger partial charge in [0.25, 0.3) is 0 Å². The van der Waals surface area contributed by atoms with Gasteiger partial charge in [-0.05, 0) is 25.7 Å². The molecule has 22 heavy (non-hydrogen) atoms. The van der Waals surface area contributed by atoms with Gasteiger partial charge < -0.3 is 9.42 Å². The lowest BCUT2D eigenvalue weighted by Crippen LogP contribution is -2.29. The van der Waals surface area contributed by atoms with Crippen molar-refractivity contribution in [3.63, 3.8) is 0 Å². The van der Waals surface area contributed by atoms with E-state index in [1.807, 2.05) is 13.1 Å². The maximum Gasteiger partial charge on any atom is 0.240 e. The molecule has 0 bridgehead atoms. The second-order valence-electron chi connectivity index (χ2n) is 6.38. The van der Waals surface area contributed by atoms with Crippen molar-refractivity contribution < 1.29 is 4.52 Å². The summed E-state index contributed by atoms with van der Waals surface area (Å²) in [6.07, 6.45) is 3.53. The first kappa shape index (κ1) is 13.6. The molecule has 0 saturated carbocycles. The summed E-state index contributed by atoms with van der Waals surface area (Å²) in [4.78, 5) is 17.6. The number of aryl methyl sites for hydroxylation is 2. The third kappa shape index (κ3) is 2.45. The van der Waals surface area contributed by atoms with Gasteiger partial charge in [0.1, 0.15) is 12.1 Å². The lowest BCUT2D eigenvalue weighted by atomic mass is 10.0. The number of hydrogen-bond donors (Lipinski definition) is 0. The molecule has 2 atom stereocenters. The Hall–Kier alpha value is -2.02. The van der Waals surface area contributed by atoms with E-state index < -0.39 is 0 Å². The van der Waals surface area contributed by atoms with Crippen LogP contribution in [-0.2, 0) is 6.54 Å². The van der Waals surface area contributed by atoms with E-state index >= 15 is 0 Å². The molecule has 0 radical (unpaired) electrons. The Kier molecular flexibility index (Phi) is 3.29. The van der Waals surface area contributed by atoms with Crippen molar-refractivity contribution in [2.75, 3.05) is 31.1 Å². The molecule has 7 heteroatoms. The molecule has 2 aromatic rings. The minimum atomic E-state index is 0.693. The number of hydrogen-bond acceptors (Lipinski definition) is 7. The highest BCUT2D eigenvalue weighted by Gasteiger charge is 2.40. The van der Waals surface area contributed by atoms with Crippen LogP contribution in [0.2, 0.25) is 0 Å². The van der Waals surface area contributed by atoms with E-state index in [9.17, 15) is 0 Å². The summed E-state index contributed by atoms with van der Waals surface area (Å²) in [5, 5.41) is 3.86. The second kappa shape index (κ2) is 5.31. The fraction of sp³-hybridized carbons (Fsp3) is 0.600. The highest BCUT2D eigenvalue weighted by atomic mass is 16.5. The molecule has 0 spiro atoms. The molecule has 2 aromatic heterocycles. The number of aromatic nitrogens is 4. The van der Waals surface area contributed by atoms with E-state index in [-0.39, 0.29) is 0 Å². The van der Waals surface area contributed by atoms with Crippen LogP contribution >= 0.6 is 0 Å². The van der Waals surface area contributed by atoms with Crippen LogP contribution in [0.3, 0.4) is 0 Å². The Morgan fingerprint density at radius 1 is 1.18 bits per heavy atom. The summed E-state index contributed by atoms with van der Waals surface area (Å²) in [5.74, 6) is 3.90. The highest BCUT2D eigenvalue weighted by Crippen LogP contribution is 2.34. The van der Waals surface area contributed by atoms with Crippen molar-refractivity contribution in [3.05, 3.63) is 29.8 Å². The molecule has 0 aliphatic carbocycles. The number of fused-ring (bicyclic) bond motifs is 1. The third-order valence-corrected chi connectivity index (χ3v) is 4.66. The zero-order valence-corrected chi connectivity index (χ0v) is 12.9. The summed E-state index contributed by atoms with van der Waals surface area (Å²) in [6, 6.07) is 0. The SMILES string of the molecule is Cc1noc(CN2CC3CN(c4ncncc4C)CC3C2)n1. The van der Waals surface area contributed by atoms with E-state index in [1.54, 1.807) is 6.33 Å². The minimum absolute atomic E-state index is 0.693. The molecule has 2 unspecified atom stereocenters. The summed E-state index contributed by atoms with van der Waals surface area (Å²) >= 11 is 0. The molecule has 4 heterocycles. The number of likely N-dealkylation sites (tertiary alicyclic amines) is 1. The number of anilines is 1. The monoisotopic (exact) mass is 300 g/mol. The van der Waals surface area contributed by atoms with Gasteiger partial charge in [0, 0.05) is 37.9 Å². The molecule has 0 N–H and O–H groups in total. The molecule has 0 amide bonds. The maximum absolute atomic E-state index is 5.22. The zero-order valence-electron chi connectivity index (χ0n) is 12.9. The number of nitrogens with zero attached hydrogens (tertiary/aromatic N) is 6. The molecular formula is C15H20N6O. The van der Waals surface area contributed by atoms with E-state index in [1.165, 1.54) is 0 Å². The Labute approximate surface area is 129 Å². The largest absolute Gasteiger partial charge is 0.356 e. The minimum Gasteiger partial charge on any atom is -0.356 e. The Morgan fingerprint density at radius 3 is 2.59 bits per heavy atom. The van der Waals surface area contributed by atoms with Crippen LogP contribution in [0.1, 0.15) is 17.3 Å². The van der Waals surface area contributed by atoms with E-state index in [2.05, 4.69) is 36.8 Å². The lowest BCUT2D eigenvalue weighted by Gasteiger charge is -2.22. The van der Waals surface area contributed by atoms with Crippen LogP contribution in [-0.4, -0.2) is 51.2 Å². The molecule has 2 fully saturated rings. The Balaban J connectivity index is 1.39. The van der Waals surface area contributed by atoms with Gasteiger partial charge in [-0.2, -0.15) is 4.98 Å². The number of rotatable bonds is 3. The standard InChI is InChI=1S/C15H20N6O/c1-10-3-16-9-17-15(10)21-6-12-4-20(5-13(12)7-21)8-14-18-11(2)19-22-14/h3,9,12-13H,4-8H2,1-2H3. The van der Waals surface area contributed by atoms with Crippen molar-refractivity contribution in [1.82, 2.24) is 25.0 Å². The molecule has 4 rings (SSSR count). The third-order valence-electron chi connectivity index (χ3n) is 4.66. The maximum atomic E-state index is 5.22. The summed E-state index contributed by atoms with van der Waals surface area (Å²) in [5.41, 5.74) is 1.15. The van der Waals surface area contributed by atoms with Gasteiger partial charge in [-0.1, -0.05) is 5.16 Å². The molecule has 2 aliphatic heterocycles. The van der Waals surface area contributed by atoms with E-state index in [0.29, 0.717) is 17.7 Å². The van der Waals surface area contributed by atoms with Crippen molar-refractivity contribution >= 4 is 5.82 Å². The molecule has 0 aromatic carbocycles. The summed E-state index contributed by atoms with van der Waals surface area (Å²) < 4.78 is 5.22. The second-order valence-corrected chi connectivity index (χ2v) is 6.38. The molecule has 116 valence electrons. The Bertz CT molecular complexity index is 658. The van der Waals surface area contributed by atoms with Crippen molar-refractivity contribution in [1.29, 1.82) is 0 Å². The first-order chi connectivity index (χ1) is 10.7. The average molecular weight is 300 g/mol. The highest BCUT2D eigenvalue weighted by molar-refractivity contribution is 5.46. The first-order valence-electron chi connectivity index (χ1n) is 7.72. The van der Waals surface area contributed by atoms with Crippen LogP contribution in [0.25, 0.3) is 0 Å². The van der Waals surface area contributed by atoms with Crippen molar-refractivity contribution in [2.24, 2.45) is 11.8 Å².